The summed E-state index contributed by atoms with van der Waals surface area (Å²) in [5.74, 6) is 0. The van der Waals surface area contributed by atoms with E-state index < -0.39 is 11.7 Å². The fourth-order valence-corrected chi connectivity index (χ4v) is 6.12. The quantitative estimate of drug-likeness (QED) is 0.542. The van der Waals surface area contributed by atoms with Crippen LogP contribution in [0, 0.1) is 0 Å². The van der Waals surface area contributed by atoms with Crippen LogP contribution in [0.2, 0.25) is 0 Å². The van der Waals surface area contributed by atoms with Gasteiger partial charge in [-0.2, -0.15) is 13.2 Å². The first-order valence-electron chi connectivity index (χ1n) is 12.5. The summed E-state index contributed by atoms with van der Waals surface area (Å²) in [7, 11) is 0. The molecule has 0 aliphatic carbocycles. The smallest absolute Gasteiger partial charge is 0.379 e. The number of halogens is 3. The van der Waals surface area contributed by atoms with Gasteiger partial charge in [0.15, 0.2) is 0 Å². The van der Waals surface area contributed by atoms with Crippen LogP contribution in [0.3, 0.4) is 0 Å². The Labute approximate surface area is 209 Å². The van der Waals surface area contributed by atoms with Crippen molar-refractivity contribution >= 4 is 23.1 Å². The number of alkyl halides is 3. The number of ether oxygens (including phenoxy) is 1. The third kappa shape index (κ3) is 6.14. The minimum atomic E-state index is -4.34. The molecule has 0 radical (unpaired) electrons. The molecule has 9 heteroatoms. The van der Waals surface area contributed by atoms with E-state index in [1.165, 1.54) is 12.1 Å². The Morgan fingerprint density at radius 1 is 0.714 bits per heavy atom. The number of rotatable bonds is 7. The monoisotopic (exact) mass is 506 g/mol. The van der Waals surface area contributed by atoms with Crippen molar-refractivity contribution in [2.45, 2.75) is 22.4 Å². The molecule has 2 aromatic carbocycles. The first-order chi connectivity index (χ1) is 17.0. The molecular formula is C26H33F3N4OS. The van der Waals surface area contributed by atoms with Gasteiger partial charge in [-0.25, -0.2) is 0 Å². The van der Waals surface area contributed by atoms with E-state index in [1.54, 1.807) is 17.8 Å². The first-order valence-corrected chi connectivity index (χ1v) is 13.3. The first kappa shape index (κ1) is 24.9. The lowest BCUT2D eigenvalue weighted by Gasteiger charge is -2.37. The number of hydrogen-bond donors (Lipinski definition) is 0. The van der Waals surface area contributed by atoms with Crippen LogP contribution >= 0.6 is 11.8 Å². The summed E-state index contributed by atoms with van der Waals surface area (Å²) in [5, 5.41) is 0. The third-order valence-electron chi connectivity index (χ3n) is 7.11. The van der Waals surface area contributed by atoms with E-state index in [0.29, 0.717) is 12.2 Å². The van der Waals surface area contributed by atoms with Crippen LogP contribution in [-0.2, 0) is 10.9 Å². The van der Waals surface area contributed by atoms with E-state index in [2.05, 4.69) is 19.6 Å². The van der Waals surface area contributed by atoms with E-state index in [0.717, 1.165) is 94.0 Å². The van der Waals surface area contributed by atoms with Gasteiger partial charge in [0.05, 0.1) is 30.2 Å². The van der Waals surface area contributed by atoms with Crippen LogP contribution in [0.15, 0.2) is 52.3 Å². The molecule has 0 spiro atoms. The maximum atomic E-state index is 13.4. The summed E-state index contributed by atoms with van der Waals surface area (Å²) < 4.78 is 45.7. The van der Waals surface area contributed by atoms with E-state index in [9.17, 15) is 13.2 Å². The Bertz CT molecular complexity index is 991. The van der Waals surface area contributed by atoms with Crippen LogP contribution < -0.4 is 4.90 Å². The van der Waals surface area contributed by atoms with Gasteiger partial charge >= 0.3 is 6.18 Å². The Morgan fingerprint density at radius 3 is 2.06 bits per heavy atom. The number of para-hydroxylation sites is 1. The van der Waals surface area contributed by atoms with Crippen LogP contribution in [0.4, 0.5) is 24.5 Å². The van der Waals surface area contributed by atoms with Crippen LogP contribution in [-0.4, -0.2) is 93.4 Å². The van der Waals surface area contributed by atoms with Crippen molar-refractivity contribution in [1.29, 1.82) is 0 Å². The fraction of sp³-hybridized carbons (Fsp3) is 0.538. The van der Waals surface area contributed by atoms with Gasteiger partial charge < -0.3 is 14.5 Å². The van der Waals surface area contributed by atoms with Crippen molar-refractivity contribution in [3.8, 4) is 0 Å². The second kappa shape index (κ2) is 11.1. The second-order valence-electron chi connectivity index (χ2n) is 9.39. The van der Waals surface area contributed by atoms with E-state index >= 15 is 0 Å². The van der Waals surface area contributed by atoms with Gasteiger partial charge in [0.25, 0.3) is 0 Å². The number of fused-ring (bicyclic) bond motifs is 2. The number of anilines is 2. The zero-order valence-electron chi connectivity index (χ0n) is 20.0. The molecule has 190 valence electrons. The minimum Gasteiger partial charge on any atom is -0.379 e. The molecule has 0 bridgehead atoms. The van der Waals surface area contributed by atoms with Crippen LogP contribution in [0.25, 0.3) is 0 Å². The van der Waals surface area contributed by atoms with Gasteiger partial charge in [-0.3, -0.25) is 9.80 Å². The molecule has 3 aliphatic rings. The Balaban J connectivity index is 1.16. The lowest BCUT2D eigenvalue weighted by atomic mass is 10.1. The summed E-state index contributed by atoms with van der Waals surface area (Å²) >= 11 is 1.55. The lowest BCUT2D eigenvalue weighted by molar-refractivity contribution is -0.137. The minimum absolute atomic E-state index is 0.588. The van der Waals surface area contributed by atoms with E-state index in [-0.39, 0.29) is 0 Å². The van der Waals surface area contributed by atoms with Crippen molar-refractivity contribution in [2.24, 2.45) is 0 Å². The van der Waals surface area contributed by atoms with Gasteiger partial charge in [0.2, 0.25) is 0 Å². The van der Waals surface area contributed by atoms with Gasteiger partial charge in [-0.05, 0) is 43.3 Å². The molecule has 0 saturated carbocycles. The SMILES string of the molecule is FC(F)(F)c1ccc2c(c1)N(CCCN1CCN(CCN3CCOCC3)CC1)c1ccccc1S2. The standard InChI is InChI=1S/C26H33F3N4OS/c27-26(28,29)21-6-7-25-23(20-21)33(22-4-1-2-5-24(22)35-25)9-3-8-30-10-12-31(13-11-30)14-15-32-16-18-34-19-17-32/h1-2,4-7,20H,3,8-19H2. The molecule has 3 aliphatic heterocycles. The van der Waals surface area contributed by atoms with Crippen molar-refractivity contribution in [1.82, 2.24) is 14.7 Å². The molecule has 0 amide bonds. The van der Waals surface area contributed by atoms with Crippen molar-refractivity contribution in [3.05, 3.63) is 48.0 Å². The third-order valence-corrected chi connectivity index (χ3v) is 8.24. The Morgan fingerprint density at radius 2 is 1.34 bits per heavy atom. The summed E-state index contributed by atoms with van der Waals surface area (Å²) in [6, 6.07) is 12.1. The van der Waals surface area contributed by atoms with Gasteiger partial charge in [-0.15, -0.1) is 0 Å². The highest BCUT2D eigenvalue weighted by Gasteiger charge is 2.33. The van der Waals surface area contributed by atoms with Gasteiger partial charge in [-0.1, -0.05) is 23.9 Å². The molecule has 0 N–H and O–H groups in total. The number of nitrogens with zero attached hydrogens (tertiary/aromatic N) is 4. The maximum absolute atomic E-state index is 13.4. The molecule has 0 aromatic heterocycles. The molecular weight excluding hydrogens is 473 g/mol. The summed E-state index contributed by atoms with van der Waals surface area (Å²) in [4.78, 5) is 11.6. The normalized spacial score (nSPS) is 20.0. The van der Waals surface area contributed by atoms with Crippen molar-refractivity contribution in [2.75, 3.05) is 83.6 Å². The molecule has 35 heavy (non-hydrogen) atoms. The average Bonchev–Trinajstić information content (AvgIpc) is 2.87. The largest absolute Gasteiger partial charge is 0.416 e. The molecule has 2 saturated heterocycles. The highest BCUT2D eigenvalue weighted by molar-refractivity contribution is 7.99. The molecule has 5 rings (SSSR count). The number of morpholine rings is 1. The summed E-state index contributed by atoms with van der Waals surface area (Å²) in [6.45, 7) is 11.9. The predicted octanol–water partition coefficient (Wildman–Crippen LogP) is 4.65. The van der Waals surface area contributed by atoms with E-state index in [4.69, 9.17) is 4.74 Å². The maximum Gasteiger partial charge on any atom is 0.416 e. The Kier molecular flexibility index (Phi) is 7.89. The second-order valence-corrected chi connectivity index (χ2v) is 10.5. The lowest BCUT2D eigenvalue weighted by Crippen LogP contribution is -2.49. The highest BCUT2D eigenvalue weighted by Crippen LogP contribution is 2.49. The predicted molar refractivity (Wildman–Crippen MR) is 134 cm³/mol. The fourth-order valence-electron chi connectivity index (χ4n) is 5.04. The molecule has 0 unspecified atom stereocenters. The van der Waals surface area contributed by atoms with Crippen LogP contribution in [0.1, 0.15) is 12.0 Å². The average molecular weight is 507 g/mol. The van der Waals surface area contributed by atoms with E-state index in [1.807, 2.05) is 24.3 Å². The van der Waals surface area contributed by atoms with Crippen molar-refractivity contribution in [3.63, 3.8) is 0 Å². The van der Waals surface area contributed by atoms with Gasteiger partial charge in [0, 0.05) is 68.7 Å². The molecule has 0 atom stereocenters. The topological polar surface area (TPSA) is 22.2 Å². The summed E-state index contributed by atoms with van der Waals surface area (Å²) in [5.41, 5.74) is 1.07. The van der Waals surface area contributed by atoms with Crippen molar-refractivity contribution < 1.29 is 17.9 Å². The number of hydrogen-bond acceptors (Lipinski definition) is 6. The summed E-state index contributed by atoms with van der Waals surface area (Å²) in [6.07, 6.45) is -3.44. The number of benzene rings is 2. The zero-order chi connectivity index (χ0) is 24.3. The zero-order valence-corrected chi connectivity index (χ0v) is 20.8. The number of piperazine rings is 1. The van der Waals surface area contributed by atoms with Crippen LogP contribution in [0.5, 0.6) is 0 Å². The molecule has 2 aromatic rings. The molecule has 5 nitrogen and oxygen atoms in total. The highest BCUT2D eigenvalue weighted by atomic mass is 32.2. The molecule has 2 fully saturated rings. The van der Waals surface area contributed by atoms with Gasteiger partial charge in [0.1, 0.15) is 0 Å². The molecule has 3 heterocycles. The Hall–Kier alpha value is -1.78.